The van der Waals surface area contributed by atoms with Crippen LogP contribution in [0.5, 0.6) is 0 Å². The lowest BCUT2D eigenvalue weighted by Gasteiger charge is -2.08. The Kier molecular flexibility index (Phi) is 2.97. The van der Waals surface area contributed by atoms with Gasteiger partial charge in [0.2, 0.25) is 0 Å². The number of benzene rings is 3. The molecular formula is C17H11F3. The quantitative estimate of drug-likeness (QED) is 0.568. The number of hydrogen-bond donors (Lipinski definition) is 0. The molecule has 0 nitrogen and oxygen atoms in total. The van der Waals surface area contributed by atoms with Crippen LogP contribution < -0.4 is 0 Å². The molecule has 0 saturated heterocycles. The van der Waals surface area contributed by atoms with Crippen LogP contribution in [0.4, 0.5) is 13.2 Å². The smallest absolute Gasteiger partial charge is 0.159 e. The maximum absolute atomic E-state index is 14.5. The van der Waals surface area contributed by atoms with E-state index in [1.54, 1.807) is 18.2 Å². The van der Waals surface area contributed by atoms with Crippen LogP contribution in [0, 0.1) is 24.4 Å². The average Bonchev–Trinajstić information content (AvgIpc) is 2.42. The van der Waals surface area contributed by atoms with E-state index >= 15 is 0 Å². The van der Waals surface area contributed by atoms with Gasteiger partial charge >= 0.3 is 0 Å². The van der Waals surface area contributed by atoms with Gasteiger partial charge in [-0.05, 0) is 30.0 Å². The molecule has 0 heterocycles. The molecule has 3 aromatic rings. The van der Waals surface area contributed by atoms with E-state index in [0.29, 0.717) is 10.9 Å². The normalized spacial score (nSPS) is 11.0. The first-order valence-electron chi connectivity index (χ1n) is 6.20. The molecule has 0 aliphatic heterocycles. The van der Waals surface area contributed by atoms with Crippen LogP contribution in [0.3, 0.4) is 0 Å². The van der Waals surface area contributed by atoms with Gasteiger partial charge in [0.15, 0.2) is 11.6 Å². The van der Waals surface area contributed by atoms with Crippen molar-refractivity contribution < 1.29 is 13.2 Å². The summed E-state index contributed by atoms with van der Waals surface area (Å²) in [4.78, 5) is 0. The van der Waals surface area contributed by atoms with Crippen molar-refractivity contribution in [3.8, 4) is 11.1 Å². The van der Waals surface area contributed by atoms with Gasteiger partial charge in [-0.3, -0.25) is 0 Å². The predicted molar refractivity (Wildman–Crippen MR) is 74.0 cm³/mol. The lowest BCUT2D eigenvalue weighted by Crippen LogP contribution is -1.90. The number of aryl methyl sites for hydroxylation is 1. The minimum absolute atomic E-state index is 0.264. The van der Waals surface area contributed by atoms with E-state index in [0.717, 1.165) is 23.1 Å². The number of fused-ring (bicyclic) bond motifs is 1. The number of hydrogen-bond acceptors (Lipinski definition) is 0. The summed E-state index contributed by atoms with van der Waals surface area (Å²) in [5, 5.41) is 1.26. The Morgan fingerprint density at radius 3 is 2.30 bits per heavy atom. The van der Waals surface area contributed by atoms with Crippen molar-refractivity contribution in [3.63, 3.8) is 0 Å². The summed E-state index contributed by atoms with van der Waals surface area (Å²) in [6.07, 6.45) is 0. The van der Waals surface area contributed by atoms with Gasteiger partial charge in [-0.15, -0.1) is 0 Å². The SMILES string of the molecule is Cc1ccc2c(F)c(-c3ccc(F)c(F)c3)ccc2c1. The standard InChI is InChI=1S/C17H11F3/c1-10-2-5-13-11(8-10)3-6-14(17(13)20)12-4-7-15(18)16(19)9-12/h2-9H,1H3. The van der Waals surface area contributed by atoms with Crippen molar-refractivity contribution >= 4 is 10.8 Å². The Labute approximate surface area is 114 Å². The Hall–Kier alpha value is -2.29. The molecule has 3 aromatic carbocycles. The summed E-state index contributed by atoms with van der Waals surface area (Å²) in [5.41, 5.74) is 1.63. The third-order valence-electron chi connectivity index (χ3n) is 3.34. The van der Waals surface area contributed by atoms with Crippen LogP contribution in [-0.2, 0) is 0 Å². The highest BCUT2D eigenvalue weighted by Gasteiger charge is 2.11. The summed E-state index contributed by atoms with van der Waals surface area (Å²) in [6, 6.07) is 12.1. The molecule has 20 heavy (non-hydrogen) atoms. The first-order valence-corrected chi connectivity index (χ1v) is 6.20. The van der Waals surface area contributed by atoms with E-state index in [1.165, 1.54) is 6.07 Å². The van der Waals surface area contributed by atoms with Crippen molar-refractivity contribution in [2.75, 3.05) is 0 Å². The fourth-order valence-electron chi connectivity index (χ4n) is 2.30. The molecular weight excluding hydrogens is 261 g/mol. The van der Waals surface area contributed by atoms with Crippen molar-refractivity contribution in [2.24, 2.45) is 0 Å². The van der Waals surface area contributed by atoms with Gasteiger partial charge in [-0.25, -0.2) is 13.2 Å². The summed E-state index contributed by atoms with van der Waals surface area (Å²) in [5.74, 6) is -2.34. The molecule has 0 atom stereocenters. The third-order valence-corrected chi connectivity index (χ3v) is 3.34. The van der Waals surface area contributed by atoms with Gasteiger partial charge in [0.1, 0.15) is 5.82 Å². The van der Waals surface area contributed by atoms with Crippen LogP contribution in [0.15, 0.2) is 48.5 Å². The van der Waals surface area contributed by atoms with Gasteiger partial charge in [0, 0.05) is 10.9 Å². The van der Waals surface area contributed by atoms with Crippen molar-refractivity contribution in [1.29, 1.82) is 0 Å². The Morgan fingerprint density at radius 1 is 0.750 bits per heavy atom. The molecule has 0 aliphatic rings. The van der Waals surface area contributed by atoms with Crippen molar-refractivity contribution in [1.82, 2.24) is 0 Å². The molecule has 0 aliphatic carbocycles. The largest absolute Gasteiger partial charge is 0.206 e. The van der Waals surface area contributed by atoms with Gasteiger partial charge in [0.25, 0.3) is 0 Å². The highest BCUT2D eigenvalue weighted by molar-refractivity contribution is 5.88. The van der Waals surface area contributed by atoms with Gasteiger partial charge in [-0.1, -0.05) is 42.0 Å². The van der Waals surface area contributed by atoms with Gasteiger partial charge < -0.3 is 0 Å². The Bertz CT molecular complexity index is 807. The van der Waals surface area contributed by atoms with Crippen LogP contribution in [-0.4, -0.2) is 0 Å². The van der Waals surface area contributed by atoms with Gasteiger partial charge in [0.05, 0.1) is 0 Å². The molecule has 3 rings (SSSR count). The van der Waals surface area contributed by atoms with Crippen LogP contribution >= 0.6 is 0 Å². The highest BCUT2D eigenvalue weighted by atomic mass is 19.2. The molecule has 0 saturated carbocycles. The predicted octanol–water partition coefficient (Wildman–Crippen LogP) is 5.23. The maximum Gasteiger partial charge on any atom is 0.159 e. The van der Waals surface area contributed by atoms with Crippen LogP contribution in [0.25, 0.3) is 21.9 Å². The zero-order chi connectivity index (χ0) is 14.3. The third kappa shape index (κ3) is 2.05. The molecule has 0 spiro atoms. The highest BCUT2D eigenvalue weighted by Crippen LogP contribution is 2.30. The molecule has 0 N–H and O–H groups in total. The van der Waals surface area contributed by atoms with E-state index in [-0.39, 0.29) is 5.56 Å². The number of rotatable bonds is 1. The molecule has 0 bridgehead atoms. The maximum atomic E-state index is 14.5. The zero-order valence-electron chi connectivity index (χ0n) is 10.8. The molecule has 0 aromatic heterocycles. The Morgan fingerprint density at radius 2 is 1.55 bits per heavy atom. The number of halogens is 3. The zero-order valence-corrected chi connectivity index (χ0v) is 10.8. The second-order valence-corrected chi connectivity index (χ2v) is 4.78. The summed E-state index contributed by atoms with van der Waals surface area (Å²) >= 11 is 0. The molecule has 0 radical (unpaired) electrons. The minimum atomic E-state index is -0.981. The Balaban J connectivity index is 2.24. The van der Waals surface area contributed by atoms with E-state index in [4.69, 9.17) is 0 Å². The van der Waals surface area contributed by atoms with Crippen molar-refractivity contribution in [3.05, 3.63) is 71.5 Å². The molecule has 3 heteroatoms. The van der Waals surface area contributed by atoms with Crippen LogP contribution in [0.2, 0.25) is 0 Å². The summed E-state index contributed by atoms with van der Waals surface area (Å²) < 4.78 is 40.7. The van der Waals surface area contributed by atoms with E-state index in [1.807, 2.05) is 19.1 Å². The van der Waals surface area contributed by atoms with Crippen molar-refractivity contribution in [2.45, 2.75) is 6.92 Å². The minimum Gasteiger partial charge on any atom is -0.206 e. The topological polar surface area (TPSA) is 0 Å². The van der Waals surface area contributed by atoms with E-state index in [9.17, 15) is 13.2 Å². The lowest BCUT2D eigenvalue weighted by atomic mass is 9.99. The summed E-state index contributed by atoms with van der Waals surface area (Å²) in [7, 11) is 0. The van der Waals surface area contributed by atoms with E-state index in [2.05, 4.69) is 0 Å². The molecule has 100 valence electrons. The molecule has 0 unspecified atom stereocenters. The second-order valence-electron chi connectivity index (χ2n) is 4.78. The monoisotopic (exact) mass is 272 g/mol. The first-order chi connectivity index (χ1) is 9.56. The first kappa shape index (κ1) is 12.7. The lowest BCUT2D eigenvalue weighted by molar-refractivity contribution is 0.509. The van der Waals surface area contributed by atoms with Gasteiger partial charge in [-0.2, -0.15) is 0 Å². The average molecular weight is 272 g/mol. The van der Waals surface area contributed by atoms with E-state index < -0.39 is 17.5 Å². The fraction of sp³-hybridized carbons (Fsp3) is 0.0588. The fourth-order valence-corrected chi connectivity index (χ4v) is 2.30. The summed E-state index contributed by atoms with van der Waals surface area (Å²) in [6.45, 7) is 1.93. The van der Waals surface area contributed by atoms with Crippen LogP contribution in [0.1, 0.15) is 5.56 Å². The molecule has 0 fully saturated rings. The second kappa shape index (κ2) is 4.67. The molecule has 0 amide bonds.